The minimum Gasteiger partial charge on any atom is -0.491 e. The molecule has 212 valence electrons. The highest BCUT2D eigenvalue weighted by Gasteiger charge is 2.36. The van der Waals surface area contributed by atoms with Crippen LogP contribution >= 0.6 is 0 Å². The number of aliphatic hydroxyl groups is 1. The van der Waals surface area contributed by atoms with E-state index in [1.807, 2.05) is 13.0 Å². The molecule has 2 aromatic carbocycles. The number of nitrogens with one attached hydrogen (secondary N) is 3. The third kappa shape index (κ3) is 7.02. The molecular weight excluding hydrogens is 522 g/mol. The molecule has 2 heterocycles. The molecule has 11 nitrogen and oxygen atoms in total. The number of nitriles is 2. The molecule has 0 radical (unpaired) electrons. The number of benzene rings is 2. The molecular formula is C30H33N7O4. The monoisotopic (exact) mass is 555 g/mol. The first-order valence-corrected chi connectivity index (χ1v) is 13.2. The van der Waals surface area contributed by atoms with Gasteiger partial charge in [-0.15, -0.1) is 0 Å². The van der Waals surface area contributed by atoms with Gasteiger partial charge in [0, 0.05) is 30.3 Å². The Balaban J connectivity index is 1.50. The van der Waals surface area contributed by atoms with E-state index in [1.54, 1.807) is 57.3 Å². The molecule has 0 unspecified atom stereocenters. The number of hydrogen-bond acceptors (Lipinski definition) is 10. The fourth-order valence-corrected chi connectivity index (χ4v) is 4.35. The number of amides is 1. The molecule has 1 aliphatic rings. The van der Waals surface area contributed by atoms with Gasteiger partial charge < -0.3 is 30.5 Å². The smallest absolute Gasteiger partial charge is 0.407 e. The number of fused-ring (bicyclic) bond motifs is 1. The van der Waals surface area contributed by atoms with Crippen LogP contribution in [0.5, 0.6) is 5.75 Å². The molecule has 0 spiro atoms. The van der Waals surface area contributed by atoms with Crippen molar-refractivity contribution in [2.45, 2.75) is 45.1 Å². The average molecular weight is 556 g/mol. The van der Waals surface area contributed by atoms with Gasteiger partial charge in [-0.25, -0.2) is 14.8 Å². The minimum atomic E-state index is -0.571. The Labute approximate surface area is 239 Å². The van der Waals surface area contributed by atoms with Crippen LogP contribution in [0.25, 0.3) is 11.3 Å². The maximum atomic E-state index is 11.8. The van der Waals surface area contributed by atoms with Gasteiger partial charge in [-0.2, -0.15) is 10.5 Å². The van der Waals surface area contributed by atoms with Crippen molar-refractivity contribution in [1.82, 2.24) is 15.3 Å². The summed E-state index contributed by atoms with van der Waals surface area (Å²) in [6, 6.07) is 14.8. The molecule has 4 rings (SSSR count). The third-order valence-electron chi connectivity index (χ3n) is 6.47. The topological polar surface area (TPSA) is 165 Å². The highest BCUT2D eigenvalue weighted by molar-refractivity contribution is 5.77. The van der Waals surface area contributed by atoms with Gasteiger partial charge in [0.05, 0.1) is 47.5 Å². The molecule has 0 saturated heterocycles. The molecule has 1 atom stereocenters. The molecule has 4 N–H and O–H groups in total. The van der Waals surface area contributed by atoms with Crippen LogP contribution in [0.4, 0.5) is 22.1 Å². The summed E-state index contributed by atoms with van der Waals surface area (Å²) in [6.07, 6.45) is 1.65. The SMILES string of the molecule is CC(C)(C)OC(=O)NCCCOc1ccc(C#N)cc1Nc1nccc(-c2cc(C#N)c3c(c2)[C@@](C)(CO)CN3)n1. The van der Waals surface area contributed by atoms with Gasteiger partial charge in [-0.1, -0.05) is 6.92 Å². The van der Waals surface area contributed by atoms with E-state index >= 15 is 0 Å². The van der Waals surface area contributed by atoms with E-state index in [4.69, 9.17) is 9.47 Å². The Morgan fingerprint density at radius 2 is 2.00 bits per heavy atom. The van der Waals surface area contributed by atoms with Crippen LogP contribution in [-0.4, -0.2) is 53.1 Å². The van der Waals surface area contributed by atoms with Crippen molar-refractivity contribution < 1.29 is 19.4 Å². The average Bonchev–Trinajstić information content (AvgIpc) is 3.29. The largest absolute Gasteiger partial charge is 0.491 e. The van der Waals surface area contributed by atoms with Crippen molar-refractivity contribution in [3.05, 3.63) is 59.3 Å². The van der Waals surface area contributed by atoms with E-state index in [1.165, 1.54) is 0 Å². The zero-order valence-electron chi connectivity index (χ0n) is 23.5. The first-order valence-electron chi connectivity index (χ1n) is 13.2. The lowest BCUT2D eigenvalue weighted by Crippen LogP contribution is -2.33. The number of aliphatic hydroxyl groups excluding tert-OH is 1. The number of carbonyl (C=O) groups is 1. The number of ether oxygens (including phenoxy) is 2. The van der Waals surface area contributed by atoms with Gasteiger partial charge >= 0.3 is 6.09 Å². The molecule has 1 amide bonds. The summed E-state index contributed by atoms with van der Waals surface area (Å²) < 4.78 is 11.2. The molecule has 0 bridgehead atoms. The molecule has 0 saturated carbocycles. The lowest BCUT2D eigenvalue weighted by Gasteiger charge is -2.21. The maximum absolute atomic E-state index is 11.8. The fraction of sp³-hybridized carbons (Fsp3) is 0.367. The van der Waals surface area contributed by atoms with Crippen molar-refractivity contribution in [2.24, 2.45) is 0 Å². The molecule has 0 fully saturated rings. The van der Waals surface area contributed by atoms with Gasteiger partial charge in [0.25, 0.3) is 0 Å². The normalized spacial score (nSPS) is 15.6. The van der Waals surface area contributed by atoms with Crippen LogP contribution in [0.15, 0.2) is 42.6 Å². The Morgan fingerprint density at radius 3 is 2.71 bits per heavy atom. The zero-order chi connectivity index (χ0) is 29.6. The summed E-state index contributed by atoms with van der Waals surface area (Å²) in [7, 11) is 0. The molecule has 11 heteroatoms. The Bertz CT molecular complexity index is 1520. The van der Waals surface area contributed by atoms with Crippen molar-refractivity contribution in [1.29, 1.82) is 10.5 Å². The van der Waals surface area contributed by atoms with Crippen molar-refractivity contribution >= 4 is 23.4 Å². The summed E-state index contributed by atoms with van der Waals surface area (Å²) in [5, 5.41) is 38.3. The van der Waals surface area contributed by atoms with Crippen molar-refractivity contribution in [3.63, 3.8) is 0 Å². The summed E-state index contributed by atoms with van der Waals surface area (Å²) in [5.74, 6) is 0.764. The van der Waals surface area contributed by atoms with Gasteiger partial charge in [0.15, 0.2) is 0 Å². The molecule has 0 aliphatic carbocycles. The number of aromatic nitrogens is 2. The number of carbonyl (C=O) groups excluding carboxylic acids is 1. The van der Waals surface area contributed by atoms with E-state index in [-0.39, 0.29) is 12.6 Å². The highest BCUT2D eigenvalue weighted by atomic mass is 16.6. The van der Waals surface area contributed by atoms with E-state index in [0.717, 1.165) is 11.3 Å². The molecule has 1 aromatic heterocycles. The lowest BCUT2D eigenvalue weighted by atomic mass is 9.83. The predicted molar refractivity (Wildman–Crippen MR) is 154 cm³/mol. The van der Waals surface area contributed by atoms with Crippen LogP contribution in [0.1, 0.15) is 50.8 Å². The lowest BCUT2D eigenvalue weighted by molar-refractivity contribution is 0.0525. The van der Waals surface area contributed by atoms with E-state index in [0.29, 0.717) is 59.9 Å². The quantitative estimate of drug-likeness (QED) is 0.274. The molecule has 1 aliphatic heterocycles. The standard InChI is InChI=1S/C30H33N7O4/c1-29(2,3)41-28(39)34-9-5-11-40-25-7-6-19(15-31)12-24(25)37-27-33-10-8-23(36-27)20-13-21(16-32)26-22(14-20)30(4,18-38)17-35-26/h6-8,10,12-14,35,38H,5,9,11,17-18H2,1-4H3,(H,34,39)(H,33,36,37)/t30-/m1/s1. The first kappa shape index (κ1) is 29.1. The second kappa shape index (κ2) is 12.1. The molecule has 41 heavy (non-hydrogen) atoms. The minimum absolute atomic E-state index is 0.0625. The van der Waals surface area contributed by atoms with E-state index in [9.17, 15) is 20.4 Å². The van der Waals surface area contributed by atoms with Crippen LogP contribution in [0, 0.1) is 22.7 Å². The van der Waals surface area contributed by atoms with Crippen LogP contribution in [-0.2, 0) is 10.2 Å². The van der Waals surface area contributed by atoms with Gasteiger partial charge in [-0.05, 0) is 69.2 Å². The fourth-order valence-electron chi connectivity index (χ4n) is 4.35. The Morgan fingerprint density at radius 1 is 1.20 bits per heavy atom. The summed E-state index contributed by atoms with van der Waals surface area (Å²) >= 11 is 0. The zero-order valence-corrected chi connectivity index (χ0v) is 23.5. The number of nitrogens with zero attached hydrogens (tertiary/aromatic N) is 4. The van der Waals surface area contributed by atoms with Gasteiger partial charge in [-0.3, -0.25) is 0 Å². The van der Waals surface area contributed by atoms with Gasteiger partial charge in [0.2, 0.25) is 5.95 Å². The number of alkyl carbamates (subject to hydrolysis) is 1. The number of hydrogen-bond donors (Lipinski definition) is 4. The van der Waals surface area contributed by atoms with E-state index < -0.39 is 17.1 Å². The summed E-state index contributed by atoms with van der Waals surface area (Å²) in [6.45, 7) is 8.49. The maximum Gasteiger partial charge on any atom is 0.407 e. The second-order valence-corrected chi connectivity index (χ2v) is 11.0. The summed E-state index contributed by atoms with van der Waals surface area (Å²) in [5.41, 5.74) is 3.21. The van der Waals surface area contributed by atoms with Crippen molar-refractivity contribution in [3.8, 4) is 29.1 Å². The number of rotatable bonds is 9. The molecule has 3 aromatic rings. The first-order chi connectivity index (χ1) is 19.5. The predicted octanol–water partition coefficient (Wildman–Crippen LogP) is 4.60. The Kier molecular flexibility index (Phi) is 8.60. The highest BCUT2D eigenvalue weighted by Crippen LogP contribution is 2.41. The van der Waals surface area contributed by atoms with Crippen LogP contribution in [0.2, 0.25) is 0 Å². The van der Waals surface area contributed by atoms with Crippen LogP contribution < -0.4 is 20.7 Å². The van der Waals surface area contributed by atoms with Crippen molar-refractivity contribution in [2.75, 3.05) is 36.9 Å². The van der Waals surface area contributed by atoms with Gasteiger partial charge in [0.1, 0.15) is 17.4 Å². The van der Waals surface area contributed by atoms with Crippen LogP contribution in [0.3, 0.4) is 0 Å². The third-order valence-corrected chi connectivity index (χ3v) is 6.47. The summed E-state index contributed by atoms with van der Waals surface area (Å²) in [4.78, 5) is 20.8. The number of anilines is 3. The second-order valence-electron chi connectivity index (χ2n) is 11.0. The van der Waals surface area contributed by atoms with E-state index in [2.05, 4.69) is 38.1 Å². The Hall–Kier alpha value is -4.87.